The normalized spacial score (nSPS) is 25.1. The van der Waals surface area contributed by atoms with Crippen molar-refractivity contribution >= 4 is 5.91 Å². The van der Waals surface area contributed by atoms with Crippen LogP contribution in [0, 0.1) is 0 Å². The Balaban J connectivity index is 1.48. The zero-order valence-electron chi connectivity index (χ0n) is 14.5. The highest BCUT2D eigenvalue weighted by Crippen LogP contribution is 2.32. The Hall–Kier alpha value is -2.45. The zero-order valence-corrected chi connectivity index (χ0v) is 14.5. The lowest BCUT2D eigenvalue weighted by Gasteiger charge is -2.31. The number of nitrogens with zero attached hydrogens (tertiary/aromatic N) is 3. The van der Waals surface area contributed by atoms with E-state index >= 15 is 0 Å². The van der Waals surface area contributed by atoms with Gasteiger partial charge < -0.3 is 23.6 Å². The third kappa shape index (κ3) is 3.30. The summed E-state index contributed by atoms with van der Waals surface area (Å²) < 4.78 is 22.1. The van der Waals surface area contributed by atoms with Gasteiger partial charge in [-0.15, -0.1) is 0 Å². The molecule has 4 rings (SSSR count). The molecule has 2 aromatic heterocycles. The van der Waals surface area contributed by atoms with E-state index in [1.165, 1.54) is 13.2 Å². The molecule has 2 saturated heterocycles. The number of amides is 1. The SMILES string of the molecule is COc1cc(C(=O)N2C[C@H](OCc3ccccn3)[C@H]3OCCC[C@H]32)on1. The number of aromatic nitrogens is 2. The van der Waals surface area contributed by atoms with E-state index in [4.69, 9.17) is 18.7 Å². The van der Waals surface area contributed by atoms with Crippen LogP contribution in [-0.4, -0.2) is 59.5 Å². The van der Waals surface area contributed by atoms with Gasteiger partial charge in [-0.05, 0) is 30.1 Å². The molecule has 1 amide bonds. The van der Waals surface area contributed by atoms with Crippen LogP contribution in [0.5, 0.6) is 5.88 Å². The quantitative estimate of drug-likeness (QED) is 0.802. The first kappa shape index (κ1) is 17.0. The third-order valence-electron chi connectivity index (χ3n) is 4.82. The molecule has 138 valence electrons. The molecular formula is C18H21N3O5. The van der Waals surface area contributed by atoms with Gasteiger partial charge in [-0.3, -0.25) is 9.78 Å². The van der Waals surface area contributed by atoms with Crippen molar-refractivity contribution in [1.29, 1.82) is 0 Å². The van der Waals surface area contributed by atoms with E-state index < -0.39 is 0 Å². The van der Waals surface area contributed by atoms with Crippen LogP contribution in [0.1, 0.15) is 29.1 Å². The summed E-state index contributed by atoms with van der Waals surface area (Å²) in [6.45, 7) is 1.52. The summed E-state index contributed by atoms with van der Waals surface area (Å²) in [6, 6.07) is 7.18. The Labute approximate surface area is 151 Å². The van der Waals surface area contributed by atoms with Gasteiger partial charge in [0, 0.05) is 12.8 Å². The Morgan fingerprint density at radius 2 is 2.35 bits per heavy atom. The summed E-state index contributed by atoms with van der Waals surface area (Å²) in [5.74, 6) is 0.230. The second-order valence-corrected chi connectivity index (χ2v) is 6.41. The summed E-state index contributed by atoms with van der Waals surface area (Å²) in [5, 5.41) is 3.71. The molecule has 0 saturated carbocycles. The Bertz CT molecular complexity index is 750. The molecule has 0 N–H and O–H groups in total. The molecule has 2 fully saturated rings. The molecular weight excluding hydrogens is 338 g/mol. The number of carbonyl (C=O) groups is 1. The molecule has 4 heterocycles. The molecule has 8 heteroatoms. The van der Waals surface area contributed by atoms with E-state index in [-0.39, 0.29) is 35.8 Å². The van der Waals surface area contributed by atoms with Crippen molar-refractivity contribution < 1.29 is 23.5 Å². The Kier molecular flexibility index (Phi) is 4.85. The van der Waals surface area contributed by atoms with Crippen molar-refractivity contribution in [2.75, 3.05) is 20.3 Å². The first-order valence-electron chi connectivity index (χ1n) is 8.71. The summed E-state index contributed by atoms with van der Waals surface area (Å²) in [5.41, 5.74) is 0.851. The van der Waals surface area contributed by atoms with Crippen LogP contribution in [0.15, 0.2) is 35.0 Å². The number of fused-ring (bicyclic) bond motifs is 1. The molecule has 0 radical (unpaired) electrons. The van der Waals surface area contributed by atoms with Gasteiger partial charge in [-0.1, -0.05) is 6.07 Å². The smallest absolute Gasteiger partial charge is 0.293 e. The number of hydrogen-bond acceptors (Lipinski definition) is 7. The topological polar surface area (TPSA) is 86.9 Å². The van der Waals surface area contributed by atoms with Crippen LogP contribution >= 0.6 is 0 Å². The average Bonchev–Trinajstić information content (AvgIpc) is 3.32. The van der Waals surface area contributed by atoms with Gasteiger partial charge in [0.15, 0.2) is 0 Å². The third-order valence-corrected chi connectivity index (χ3v) is 4.82. The maximum absolute atomic E-state index is 12.9. The lowest BCUT2D eigenvalue weighted by Crippen LogP contribution is -2.43. The van der Waals surface area contributed by atoms with Crippen molar-refractivity contribution in [2.24, 2.45) is 0 Å². The average molecular weight is 359 g/mol. The van der Waals surface area contributed by atoms with Crippen LogP contribution in [0.2, 0.25) is 0 Å². The van der Waals surface area contributed by atoms with E-state index in [0.717, 1.165) is 18.5 Å². The molecule has 0 aliphatic carbocycles. The van der Waals surface area contributed by atoms with Crippen LogP contribution in [0.25, 0.3) is 0 Å². The molecule has 0 aromatic carbocycles. The number of hydrogen-bond donors (Lipinski definition) is 0. The largest absolute Gasteiger partial charge is 0.479 e. The minimum atomic E-state index is -0.217. The van der Waals surface area contributed by atoms with E-state index in [9.17, 15) is 4.79 Å². The second kappa shape index (κ2) is 7.43. The fourth-order valence-corrected chi connectivity index (χ4v) is 3.56. The van der Waals surface area contributed by atoms with E-state index in [2.05, 4.69) is 10.1 Å². The molecule has 2 aliphatic rings. The number of ether oxygens (including phenoxy) is 3. The maximum atomic E-state index is 12.9. The molecule has 0 spiro atoms. The van der Waals surface area contributed by atoms with Gasteiger partial charge >= 0.3 is 0 Å². The van der Waals surface area contributed by atoms with E-state index in [1.54, 1.807) is 11.1 Å². The van der Waals surface area contributed by atoms with Crippen molar-refractivity contribution in [3.63, 3.8) is 0 Å². The predicted octanol–water partition coefficient (Wildman–Crippen LogP) is 1.67. The first-order chi connectivity index (χ1) is 12.8. The summed E-state index contributed by atoms with van der Waals surface area (Å²) >= 11 is 0. The number of methoxy groups -OCH3 is 1. The van der Waals surface area contributed by atoms with Crippen molar-refractivity contribution in [1.82, 2.24) is 15.0 Å². The molecule has 3 atom stereocenters. The van der Waals surface area contributed by atoms with Crippen molar-refractivity contribution in [3.8, 4) is 5.88 Å². The molecule has 26 heavy (non-hydrogen) atoms. The predicted molar refractivity (Wildman–Crippen MR) is 89.7 cm³/mol. The monoisotopic (exact) mass is 359 g/mol. The van der Waals surface area contributed by atoms with Crippen LogP contribution in [0.4, 0.5) is 0 Å². The lowest BCUT2D eigenvalue weighted by molar-refractivity contribution is -0.0815. The van der Waals surface area contributed by atoms with Gasteiger partial charge in [0.2, 0.25) is 5.76 Å². The van der Waals surface area contributed by atoms with Gasteiger partial charge in [-0.2, -0.15) is 0 Å². The molecule has 0 bridgehead atoms. The van der Waals surface area contributed by atoms with Gasteiger partial charge in [0.05, 0.1) is 38.1 Å². The summed E-state index contributed by atoms with van der Waals surface area (Å²) in [6.07, 6.45) is 3.20. The van der Waals surface area contributed by atoms with Gasteiger partial charge in [0.25, 0.3) is 11.8 Å². The minimum Gasteiger partial charge on any atom is -0.479 e. The van der Waals surface area contributed by atoms with E-state index in [0.29, 0.717) is 19.8 Å². The Morgan fingerprint density at radius 3 is 3.12 bits per heavy atom. The van der Waals surface area contributed by atoms with Gasteiger partial charge in [-0.25, -0.2) is 0 Å². The highest BCUT2D eigenvalue weighted by molar-refractivity contribution is 5.92. The highest BCUT2D eigenvalue weighted by atomic mass is 16.5. The first-order valence-corrected chi connectivity index (χ1v) is 8.71. The Morgan fingerprint density at radius 1 is 1.42 bits per heavy atom. The lowest BCUT2D eigenvalue weighted by atomic mass is 10.0. The number of likely N-dealkylation sites (tertiary alicyclic amines) is 1. The van der Waals surface area contributed by atoms with Crippen molar-refractivity contribution in [3.05, 3.63) is 41.9 Å². The zero-order chi connectivity index (χ0) is 17.9. The molecule has 0 unspecified atom stereocenters. The summed E-state index contributed by atoms with van der Waals surface area (Å²) in [4.78, 5) is 18.9. The molecule has 2 aliphatic heterocycles. The maximum Gasteiger partial charge on any atom is 0.293 e. The van der Waals surface area contributed by atoms with Gasteiger partial charge in [0.1, 0.15) is 12.2 Å². The van der Waals surface area contributed by atoms with Crippen LogP contribution in [-0.2, 0) is 16.1 Å². The van der Waals surface area contributed by atoms with E-state index in [1.807, 2.05) is 18.2 Å². The summed E-state index contributed by atoms with van der Waals surface area (Å²) in [7, 11) is 1.48. The van der Waals surface area contributed by atoms with Crippen molar-refractivity contribution in [2.45, 2.75) is 37.7 Å². The second-order valence-electron chi connectivity index (χ2n) is 6.41. The molecule has 8 nitrogen and oxygen atoms in total. The minimum absolute atomic E-state index is 0.0268. The fourth-order valence-electron chi connectivity index (χ4n) is 3.56. The highest BCUT2D eigenvalue weighted by Gasteiger charge is 2.47. The number of carbonyl (C=O) groups excluding carboxylic acids is 1. The number of rotatable bonds is 5. The van der Waals surface area contributed by atoms with Crippen LogP contribution in [0.3, 0.4) is 0 Å². The fraction of sp³-hybridized carbons (Fsp3) is 0.500. The number of pyridine rings is 1. The van der Waals surface area contributed by atoms with Crippen LogP contribution < -0.4 is 4.74 Å². The standard InChI is InChI=1S/C18H21N3O5/c1-23-16-9-14(26-20-16)18(22)21-10-15(17-13(21)6-4-8-24-17)25-11-12-5-2-3-7-19-12/h2-3,5,7,9,13,15,17H,4,6,8,10-11H2,1H3/t13-,15+,17+/m1/s1. The molecule has 2 aromatic rings.